The zero-order valence-electron chi connectivity index (χ0n) is 19.9. The largest absolute Gasteiger partial charge is 0.465 e. The predicted octanol–water partition coefficient (Wildman–Crippen LogP) is 5.14. The van der Waals surface area contributed by atoms with E-state index in [0.29, 0.717) is 17.9 Å². The molecular formula is C27H28N2O5S. The summed E-state index contributed by atoms with van der Waals surface area (Å²) in [5, 5.41) is 3.58. The molecule has 0 spiro atoms. The van der Waals surface area contributed by atoms with Crippen LogP contribution in [0.2, 0.25) is 0 Å². The number of sulfonamides is 1. The number of fused-ring (bicyclic) bond motifs is 3. The van der Waals surface area contributed by atoms with Crippen LogP contribution in [0.5, 0.6) is 0 Å². The van der Waals surface area contributed by atoms with Gasteiger partial charge in [-0.25, -0.2) is 13.2 Å². The molecule has 2 aliphatic rings. The van der Waals surface area contributed by atoms with Gasteiger partial charge < -0.3 is 14.8 Å². The summed E-state index contributed by atoms with van der Waals surface area (Å²) in [4.78, 5) is 12.0. The second kappa shape index (κ2) is 9.02. The Bertz CT molecular complexity index is 1390. The van der Waals surface area contributed by atoms with E-state index in [-0.39, 0.29) is 28.9 Å². The minimum atomic E-state index is -3.76. The van der Waals surface area contributed by atoms with Crippen molar-refractivity contribution in [2.75, 3.05) is 23.8 Å². The van der Waals surface area contributed by atoms with Crippen LogP contribution in [0.4, 0.5) is 11.4 Å². The molecule has 1 saturated heterocycles. The highest BCUT2D eigenvalue weighted by atomic mass is 32.2. The summed E-state index contributed by atoms with van der Waals surface area (Å²) < 4.78 is 39.9. The van der Waals surface area contributed by atoms with Gasteiger partial charge >= 0.3 is 5.97 Å². The number of methoxy groups -OCH3 is 1. The summed E-state index contributed by atoms with van der Waals surface area (Å²) in [6.45, 7) is 4.54. The Morgan fingerprint density at radius 1 is 1.03 bits per heavy atom. The summed E-state index contributed by atoms with van der Waals surface area (Å²) in [6, 6.07) is 18.0. The molecule has 35 heavy (non-hydrogen) atoms. The zero-order chi connectivity index (χ0) is 24.7. The van der Waals surface area contributed by atoms with Crippen LogP contribution in [0.25, 0.3) is 0 Å². The van der Waals surface area contributed by atoms with Crippen LogP contribution < -0.4 is 10.0 Å². The standard InChI is InChI=1S/C27H28N2O5S/c1-16-4-9-20(14-17(16)2)29-35(31,32)21-10-11-24-23(15-21)26-22(12-13-34-26)25(28-24)18-5-7-19(8-6-18)27(30)33-3/h4-11,14-15,22,25-26,28-29H,12-13H2,1-3H3/t22-,25-,26-/m0/s1. The normalized spacial score (nSPS) is 20.9. The first-order valence-corrected chi connectivity index (χ1v) is 13.1. The highest BCUT2D eigenvalue weighted by Gasteiger charge is 2.42. The van der Waals surface area contributed by atoms with Gasteiger partial charge in [0.2, 0.25) is 0 Å². The van der Waals surface area contributed by atoms with Gasteiger partial charge in [-0.3, -0.25) is 4.72 Å². The molecule has 8 heteroatoms. The first-order chi connectivity index (χ1) is 16.8. The Morgan fingerprint density at radius 3 is 2.51 bits per heavy atom. The second-order valence-corrected chi connectivity index (χ2v) is 10.8. The molecule has 0 amide bonds. The second-order valence-electron chi connectivity index (χ2n) is 9.13. The average molecular weight is 493 g/mol. The number of rotatable bonds is 5. The van der Waals surface area contributed by atoms with E-state index in [2.05, 4.69) is 10.0 Å². The van der Waals surface area contributed by atoms with E-state index in [1.54, 1.807) is 36.4 Å². The van der Waals surface area contributed by atoms with Gasteiger partial charge in [0.1, 0.15) is 0 Å². The Kier molecular flexibility index (Phi) is 6.02. The molecule has 2 aliphatic heterocycles. The minimum Gasteiger partial charge on any atom is -0.465 e. The lowest BCUT2D eigenvalue weighted by atomic mass is 9.81. The molecule has 182 valence electrons. The maximum Gasteiger partial charge on any atom is 0.337 e. The maximum absolute atomic E-state index is 13.2. The van der Waals surface area contributed by atoms with Crippen molar-refractivity contribution in [2.45, 2.75) is 37.3 Å². The van der Waals surface area contributed by atoms with E-state index in [0.717, 1.165) is 34.4 Å². The molecule has 3 aromatic rings. The molecule has 3 aromatic carbocycles. The number of aryl methyl sites for hydroxylation is 2. The molecule has 0 bridgehead atoms. The van der Waals surface area contributed by atoms with E-state index >= 15 is 0 Å². The van der Waals surface area contributed by atoms with Crippen LogP contribution in [0, 0.1) is 19.8 Å². The Labute approximate surface area is 205 Å². The summed E-state index contributed by atoms with van der Waals surface area (Å²) in [5.74, 6) is -0.235. The Hall–Kier alpha value is -3.36. The van der Waals surface area contributed by atoms with E-state index in [1.807, 2.05) is 38.1 Å². The van der Waals surface area contributed by atoms with Crippen molar-refractivity contribution in [3.8, 4) is 0 Å². The topological polar surface area (TPSA) is 93.7 Å². The van der Waals surface area contributed by atoms with Gasteiger partial charge in [0, 0.05) is 29.5 Å². The van der Waals surface area contributed by atoms with E-state index < -0.39 is 10.0 Å². The summed E-state index contributed by atoms with van der Waals surface area (Å²) in [5.41, 5.74) is 5.89. The zero-order valence-corrected chi connectivity index (χ0v) is 20.7. The average Bonchev–Trinajstić information content (AvgIpc) is 3.35. The molecule has 3 atom stereocenters. The van der Waals surface area contributed by atoms with Crippen LogP contribution >= 0.6 is 0 Å². The SMILES string of the molecule is COC(=O)c1ccc([C@@H]2Nc3ccc(S(=O)(=O)Nc4ccc(C)c(C)c4)cc3[C@H]3OCC[C@H]32)cc1. The van der Waals surface area contributed by atoms with Gasteiger partial charge in [0.05, 0.1) is 29.7 Å². The summed E-state index contributed by atoms with van der Waals surface area (Å²) >= 11 is 0. The third kappa shape index (κ3) is 4.39. The van der Waals surface area contributed by atoms with Gasteiger partial charge in [0.15, 0.2) is 0 Å². The number of carbonyl (C=O) groups excluding carboxylic acids is 1. The highest BCUT2D eigenvalue weighted by molar-refractivity contribution is 7.92. The smallest absolute Gasteiger partial charge is 0.337 e. The third-order valence-corrected chi connectivity index (χ3v) is 8.35. The molecule has 0 aliphatic carbocycles. The molecule has 2 heterocycles. The summed E-state index contributed by atoms with van der Waals surface area (Å²) in [7, 11) is -2.40. The number of ether oxygens (including phenoxy) is 2. The fourth-order valence-corrected chi connectivity index (χ4v) is 6.00. The lowest BCUT2D eigenvalue weighted by molar-refractivity contribution is 0.0600. The van der Waals surface area contributed by atoms with Crippen LogP contribution in [0.15, 0.2) is 65.6 Å². The molecule has 1 fully saturated rings. The molecule has 0 radical (unpaired) electrons. The first-order valence-electron chi connectivity index (χ1n) is 11.6. The van der Waals surface area contributed by atoms with E-state index in [4.69, 9.17) is 9.47 Å². The molecule has 0 aromatic heterocycles. The number of esters is 1. The van der Waals surface area contributed by atoms with Crippen LogP contribution in [-0.2, 0) is 19.5 Å². The van der Waals surface area contributed by atoms with E-state index in [1.165, 1.54) is 7.11 Å². The predicted molar refractivity (Wildman–Crippen MR) is 134 cm³/mol. The molecule has 0 unspecified atom stereocenters. The monoisotopic (exact) mass is 492 g/mol. The third-order valence-electron chi connectivity index (χ3n) is 6.97. The van der Waals surface area contributed by atoms with Crippen molar-refractivity contribution in [2.24, 2.45) is 5.92 Å². The maximum atomic E-state index is 13.2. The van der Waals surface area contributed by atoms with Gasteiger partial charge in [-0.2, -0.15) is 0 Å². The molecular weight excluding hydrogens is 464 g/mol. The Morgan fingerprint density at radius 2 is 1.80 bits per heavy atom. The number of hydrogen-bond donors (Lipinski definition) is 2. The van der Waals surface area contributed by atoms with Crippen LogP contribution in [-0.4, -0.2) is 28.1 Å². The van der Waals surface area contributed by atoms with Crippen molar-refractivity contribution in [3.05, 3.63) is 88.5 Å². The quantitative estimate of drug-likeness (QED) is 0.480. The first kappa shape index (κ1) is 23.4. The fraction of sp³-hybridized carbons (Fsp3) is 0.296. The number of benzene rings is 3. The minimum absolute atomic E-state index is 0.0159. The van der Waals surface area contributed by atoms with Crippen molar-refractivity contribution < 1.29 is 22.7 Å². The fourth-order valence-electron chi connectivity index (χ4n) is 4.91. The number of hydrogen-bond acceptors (Lipinski definition) is 6. The molecule has 7 nitrogen and oxygen atoms in total. The molecule has 0 saturated carbocycles. The van der Waals surface area contributed by atoms with Crippen molar-refractivity contribution in [1.29, 1.82) is 0 Å². The van der Waals surface area contributed by atoms with Gasteiger partial charge in [0.25, 0.3) is 10.0 Å². The van der Waals surface area contributed by atoms with Crippen molar-refractivity contribution in [3.63, 3.8) is 0 Å². The van der Waals surface area contributed by atoms with Gasteiger partial charge in [-0.05, 0) is 79.4 Å². The van der Waals surface area contributed by atoms with Crippen LogP contribution in [0.3, 0.4) is 0 Å². The lowest BCUT2D eigenvalue weighted by Crippen LogP contribution is -2.29. The Balaban J connectivity index is 1.44. The van der Waals surface area contributed by atoms with Crippen molar-refractivity contribution >= 4 is 27.4 Å². The number of nitrogens with one attached hydrogen (secondary N) is 2. The lowest BCUT2D eigenvalue weighted by Gasteiger charge is -2.36. The summed E-state index contributed by atoms with van der Waals surface area (Å²) in [6.07, 6.45) is 0.631. The number of anilines is 2. The molecule has 2 N–H and O–H groups in total. The van der Waals surface area contributed by atoms with Gasteiger partial charge in [-0.15, -0.1) is 0 Å². The number of carbonyl (C=O) groups is 1. The molecule has 5 rings (SSSR count). The van der Waals surface area contributed by atoms with Gasteiger partial charge in [-0.1, -0.05) is 18.2 Å². The van der Waals surface area contributed by atoms with Crippen molar-refractivity contribution in [1.82, 2.24) is 0 Å². The highest BCUT2D eigenvalue weighted by Crippen LogP contribution is 2.50. The van der Waals surface area contributed by atoms with E-state index in [9.17, 15) is 13.2 Å². The van der Waals surface area contributed by atoms with Crippen LogP contribution in [0.1, 0.15) is 51.2 Å².